The molecular formula is C11H18N2O. The van der Waals surface area contributed by atoms with Gasteiger partial charge in [-0.15, -0.1) is 0 Å². The van der Waals surface area contributed by atoms with Gasteiger partial charge in [0.05, 0.1) is 0 Å². The Bertz CT molecular complexity index is 262. The predicted octanol–water partition coefficient (Wildman–Crippen LogP) is 0.844. The largest absolute Gasteiger partial charge is 0.338 e. The molecule has 1 aliphatic carbocycles. The number of rotatable bonds is 1. The van der Waals surface area contributed by atoms with E-state index >= 15 is 0 Å². The molecule has 0 bridgehead atoms. The number of likely N-dealkylation sites (tertiary alicyclic amines) is 2. The van der Waals surface area contributed by atoms with Gasteiger partial charge in [-0.05, 0) is 25.7 Å². The molecule has 0 aromatic heterocycles. The van der Waals surface area contributed by atoms with Crippen LogP contribution in [0.1, 0.15) is 32.6 Å². The van der Waals surface area contributed by atoms with Crippen LogP contribution in [0, 0.1) is 0 Å². The zero-order valence-electron chi connectivity index (χ0n) is 8.78. The zero-order valence-corrected chi connectivity index (χ0v) is 8.78. The normalized spacial score (nSPS) is 37.6. The first kappa shape index (κ1) is 8.72. The molecule has 2 aliphatic heterocycles. The van der Waals surface area contributed by atoms with E-state index < -0.39 is 0 Å². The third-order valence-electron chi connectivity index (χ3n) is 4.04. The first-order chi connectivity index (χ1) is 6.77. The van der Waals surface area contributed by atoms with Crippen LogP contribution in [-0.2, 0) is 4.79 Å². The summed E-state index contributed by atoms with van der Waals surface area (Å²) in [6.07, 6.45) is 5.20. The van der Waals surface area contributed by atoms with Crippen LogP contribution in [0.4, 0.5) is 0 Å². The lowest BCUT2D eigenvalue weighted by Crippen LogP contribution is -2.39. The second-order valence-electron chi connectivity index (χ2n) is 4.89. The fourth-order valence-corrected chi connectivity index (χ4v) is 3.27. The third-order valence-corrected chi connectivity index (χ3v) is 4.04. The van der Waals surface area contributed by atoms with Crippen molar-refractivity contribution in [3.63, 3.8) is 0 Å². The van der Waals surface area contributed by atoms with Crippen molar-refractivity contribution in [2.24, 2.45) is 0 Å². The second kappa shape index (κ2) is 2.96. The van der Waals surface area contributed by atoms with Crippen molar-refractivity contribution < 1.29 is 4.79 Å². The molecule has 2 atom stereocenters. The van der Waals surface area contributed by atoms with Gasteiger partial charge in [0, 0.05) is 38.1 Å². The minimum Gasteiger partial charge on any atom is -0.338 e. The fraction of sp³-hybridized carbons (Fsp3) is 0.909. The van der Waals surface area contributed by atoms with E-state index in [4.69, 9.17) is 0 Å². The van der Waals surface area contributed by atoms with Crippen LogP contribution >= 0.6 is 0 Å². The van der Waals surface area contributed by atoms with Gasteiger partial charge in [0.15, 0.2) is 0 Å². The van der Waals surface area contributed by atoms with Crippen LogP contribution < -0.4 is 0 Å². The number of hydrogen-bond donors (Lipinski definition) is 0. The Morgan fingerprint density at radius 3 is 2.43 bits per heavy atom. The van der Waals surface area contributed by atoms with E-state index in [-0.39, 0.29) is 5.91 Å². The molecule has 3 nitrogen and oxygen atoms in total. The fourth-order valence-electron chi connectivity index (χ4n) is 3.27. The average molecular weight is 194 g/mol. The number of amides is 1. The van der Waals surface area contributed by atoms with E-state index in [1.165, 1.54) is 32.2 Å². The molecule has 0 N–H and O–H groups in total. The van der Waals surface area contributed by atoms with Crippen molar-refractivity contribution in [2.75, 3.05) is 13.1 Å². The van der Waals surface area contributed by atoms with Crippen LogP contribution in [0.5, 0.6) is 0 Å². The third kappa shape index (κ3) is 1.18. The predicted molar refractivity (Wildman–Crippen MR) is 53.9 cm³/mol. The van der Waals surface area contributed by atoms with Gasteiger partial charge in [0.2, 0.25) is 5.91 Å². The lowest BCUT2D eigenvalue weighted by Gasteiger charge is -2.24. The second-order valence-corrected chi connectivity index (χ2v) is 4.89. The number of carbonyl (C=O) groups is 1. The van der Waals surface area contributed by atoms with E-state index in [0.717, 1.165) is 12.6 Å². The van der Waals surface area contributed by atoms with Gasteiger partial charge in [-0.1, -0.05) is 0 Å². The number of hydrogen-bond acceptors (Lipinski definition) is 2. The molecule has 0 spiro atoms. The topological polar surface area (TPSA) is 23.6 Å². The summed E-state index contributed by atoms with van der Waals surface area (Å²) in [6, 6.07) is 2.12. The Balaban J connectivity index is 1.74. The van der Waals surface area contributed by atoms with Crippen LogP contribution in [0.2, 0.25) is 0 Å². The minimum absolute atomic E-state index is 0.273. The Kier molecular flexibility index (Phi) is 1.84. The molecule has 3 rings (SSSR count). The number of nitrogens with zero attached hydrogens (tertiary/aromatic N) is 2. The number of carbonyl (C=O) groups excluding carboxylic acids is 1. The lowest BCUT2D eigenvalue weighted by atomic mass is 10.1. The van der Waals surface area contributed by atoms with E-state index in [2.05, 4.69) is 9.80 Å². The molecule has 0 aromatic carbocycles. The summed E-state index contributed by atoms with van der Waals surface area (Å²) in [6.45, 7) is 3.93. The van der Waals surface area contributed by atoms with E-state index in [0.29, 0.717) is 12.1 Å². The Morgan fingerprint density at radius 2 is 1.79 bits per heavy atom. The van der Waals surface area contributed by atoms with Crippen LogP contribution in [-0.4, -0.2) is 46.9 Å². The molecule has 14 heavy (non-hydrogen) atoms. The van der Waals surface area contributed by atoms with Gasteiger partial charge in [-0.25, -0.2) is 0 Å². The van der Waals surface area contributed by atoms with Crippen molar-refractivity contribution >= 4 is 5.91 Å². The van der Waals surface area contributed by atoms with Crippen molar-refractivity contribution in [3.05, 3.63) is 0 Å². The van der Waals surface area contributed by atoms with E-state index in [1.54, 1.807) is 6.92 Å². The molecule has 3 aliphatic rings. The Morgan fingerprint density at radius 1 is 1.07 bits per heavy atom. The van der Waals surface area contributed by atoms with Gasteiger partial charge < -0.3 is 4.90 Å². The van der Waals surface area contributed by atoms with Gasteiger partial charge in [0.25, 0.3) is 0 Å². The summed E-state index contributed by atoms with van der Waals surface area (Å²) in [7, 11) is 0. The van der Waals surface area contributed by atoms with E-state index in [9.17, 15) is 4.79 Å². The molecule has 0 unspecified atom stereocenters. The van der Waals surface area contributed by atoms with E-state index in [1.807, 2.05) is 0 Å². The van der Waals surface area contributed by atoms with Gasteiger partial charge in [0.1, 0.15) is 0 Å². The number of fused-ring (bicyclic) bond motifs is 1. The van der Waals surface area contributed by atoms with Crippen LogP contribution in [0.25, 0.3) is 0 Å². The summed E-state index contributed by atoms with van der Waals surface area (Å²) in [5.74, 6) is 0.273. The van der Waals surface area contributed by atoms with Crippen molar-refractivity contribution in [1.29, 1.82) is 0 Å². The molecule has 0 aromatic rings. The average Bonchev–Trinajstić information content (AvgIpc) is 2.77. The first-order valence-corrected chi connectivity index (χ1v) is 5.80. The highest BCUT2D eigenvalue weighted by atomic mass is 16.2. The highest BCUT2D eigenvalue weighted by molar-refractivity contribution is 5.74. The van der Waals surface area contributed by atoms with Crippen LogP contribution in [0.15, 0.2) is 0 Å². The Hall–Kier alpha value is -0.570. The summed E-state index contributed by atoms with van der Waals surface area (Å²) in [5, 5.41) is 0. The van der Waals surface area contributed by atoms with Gasteiger partial charge >= 0.3 is 0 Å². The van der Waals surface area contributed by atoms with Crippen molar-refractivity contribution in [3.8, 4) is 0 Å². The first-order valence-electron chi connectivity index (χ1n) is 5.80. The molecule has 3 fully saturated rings. The summed E-state index contributed by atoms with van der Waals surface area (Å²) in [4.78, 5) is 16.1. The Labute approximate surface area is 85.1 Å². The summed E-state index contributed by atoms with van der Waals surface area (Å²) >= 11 is 0. The quantitative estimate of drug-likeness (QED) is 0.617. The standard InChI is InChI=1S/C11H18N2O/c1-8(14)12-6-4-11-10(12)5-7-13(11)9-2-3-9/h9-11H,2-7H2,1H3/t10-,11-/m0/s1. The molecule has 2 saturated heterocycles. The molecule has 2 heterocycles. The minimum atomic E-state index is 0.273. The zero-order chi connectivity index (χ0) is 9.71. The van der Waals surface area contributed by atoms with Crippen molar-refractivity contribution in [1.82, 2.24) is 9.80 Å². The SMILES string of the molecule is CC(=O)N1CC[C@H]2[C@@H]1CCN2C1CC1. The molecule has 3 heteroatoms. The molecule has 0 radical (unpaired) electrons. The highest BCUT2D eigenvalue weighted by Crippen LogP contribution is 2.39. The molecular weight excluding hydrogens is 176 g/mol. The van der Waals surface area contributed by atoms with Gasteiger partial charge in [-0.2, -0.15) is 0 Å². The maximum atomic E-state index is 11.4. The lowest BCUT2D eigenvalue weighted by molar-refractivity contribution is -0.129. The molecule has 1 amide bonds. The summed E-state index contributed by atoms with van der Waals surface area (Å²) < 4.78 is 0. The van der Waals surface area contributed by atoms with Gasteiger partial charge in [-0.3, -0.25) is 9.69 Å². The highest BCUT2D eigenvalue weighted by Gasteiger charge is 2.47. The molecule has 1 saturated carbocycles. The monoisotopic (exact) mass is 194 g/mol. The smallest absolute Gasteiger partial charge is 0.219 e. The maximum Gasteiger partial charge on any atom is 0.219 e. The molecule has 78 valence electrons. The summed E-state index contributed by atoms with van der Waals surface area (Å²) in [5.41, 5.74) is 0. The van der Waals surface area contributed by atoms with Crippen molar-refractivity contribution in [2.45, 2.75) is 50.7 Å². The van der Waals surface area contributed by atoms with Crippen LogP contribution in [0.3, 0.4) is 0 Å². The maximum absolute atomic E-state index is 11.4.